The van der Waals surface area contributed by atoms with Gasteiger partial charge in [0.1, 0.15) is 5.75 Å². The second-order valence-corrected chi connectivity index (χ2v) is 4.97. The Bertz CT molecular complexity index is 564. The van der Waals surface area contributed by atoms with E-state index in [1.165, 1.54) is 5.56 Å². The Morgan fingerprint density at radius 3 is 2.71 bits per heavy atom. The van der Waals surface area contributed by atoms with Crippen LogP contribution in [0.2, 0.25) is 0 Å². The molecule has 2 aromatic rings. The summed E-state index contributed by atoms with van der Waals surface area (Å²) in [7, 11) is 0. The zero-order chi connectivity index (χ0) is 12.3. The number of hydrogen-bond donors (Lipinski definition) is 1. The molecule has 2 aromatic carbocycles. The Labute approximate surface area is 114 Å². The van der Waals surface area contributed by atoms with E-state index in [-0.39, 0.29) is 0 Å². The van der Waals surface area contributed by atoms with Gasteiger partial charge in [0.2, 0.25) is 0 Å². The van der Waals surface area contributed by atoms with Crippen molar-refractivity contribution in [3.05, 3.63) is 57.2 Å². The van der Waals surface area contributed by atoms with Crippen LogP contribution in [-0.4, -0.2) is 11.3 Å². The Morgan fingerprint density at radius 2 is 2.00 bits per heavy atom. The van der Waals surface area contributed by atoms with Crippen molar-refractivity contribution < 1.29 is 5.11 Å². The van der Waals surface area contributed by atoms with E-state index in [9.17, 15) is 5.11 Å². The number of aliphatic imine (C=N–C) groups is 1. The fourth-order valence-electron chi connectivity index (χ4n) is 1.46. The minimum atomic E-state index is 0.304. The zero-order valence-electron chi connectivity index (χ0n) is 9.39. The van der Waals surface area contributed by atoms with Crippen LogP contribution >= 0.6 is 22.6 Å². The smallest absolute Gasteiger partial charge is 0.128 e. The van der Waals surface area contributed by atoms with Crippen LogP contribution < -0.4 is 0 Å². The summed E-state index contributed by atoms with van der Waals surface area (Å²) in [6.45, 7) is 2.04. The summed E-state index contributed by atoms with van der Waals surface area (Å²) < 4.78 is 0.829. The second kappa shape index (κ2) is 5.31. The molecule has 0 spiro atoms. The molecule has 0 atom stereocenters. The van der Waals surface area contributed by atoms with E-state index < -0.39 is 0 Å². The molecule has 0 unspecified atom stereocenters. The molecule has 2 nitrogen and oxygen atoms in total. The zero-order valence-corrected chi connectivity index (χ0v) is 11.5. The maximum atomic E-state index is 9.41. The van der Waals surface area contributed by atoms with Gasteiger partial charge in [-0.15, -0.1) is 0 Å². The lowest BCUT2D eigenvalue weighted by atomic mass is 10.2. The summed E-state index contributed by atoms with van der Waals surface area (Å²) in [6, 6.07) is 13.5. The summed E-state index contributed by atoms with van der Waals surface area (Å²) in [5.74, 6) is 0.304. The SMILES string of the molecule is Cc1cccc(N=Cc2ccc(O)c(I)c2)c1. The molecule has 0 aliphatic heterocycles. The highest BCUT2D eigenvalue weighted by molar-refractivity contribution is 14.1. The van der Waals surface area contributed by atoms with Crippen molar-refractivity contribution >= 4 is 34.5 Å². The molecule has 0 aliphatic carbocycles. The van der Waals surface area contributed by atoms with E-state index in [2.05, 4.69) is 27.6 Å². The molecular formula is C14H12INO. The van der Waals surface area contributed by atoms with Crippen LogP contribution in [0, 0.1) is 10.5 Å². The van der Waals surface area contributed by atoms with Crippen LogP contribution in [0.1, 0.15) is 11.1 Å². The molecule has 0 aromatic heterocycles. The maximum absolute atomic E-state index is 9.41. The molecule has 0 radical (unpaired) electrons. The highest BCUT2D eigenvalue weighted by Crippen LogP contribution is 2.20. The lowest BCUT2D eigenvalue weighted by Gasteiger charge is -1.98. The van der Waals surface area contributed by atoms with Crippen LogP contribution in [0.15, 0.2) is 47.5 Å². The van der Waals surface area contributed by atoms with Crippen molar-refractivity contribution in [2.24, 2.45) is 4.99 Å². The third kappa shape index (κ3) is 3.30. The number of rotatable bonds is 2. The molecule has 86 valence electrons. The predicted octanol–water partition coefficient (Wildman–Crippen LogP) is 4.06. The first kappa shape index (κ1) is 12.1. The van der Waals surface area contributed by atoms with Gasteiger partial charge in [0.25, 0.3) is 0 Å². The minimum absolute atomic E-state index is 0.304. The van der Waals surface area contributed by atoms with Gasteiger partial charge in [-0.25, -0.2) is 0 Å². The Hall–Kier alpha value is -1.36. The second-order valence-electron chi connectivity index (χ2n) is 3.81. The normalized spacial score (nSPS) is 10.9. The molecule has 0 saturated carbocycles. The van der Waals surface area contributed by atoms with E-state index in [0.29, 0.717) is 5.75 Å². The van der Waals surface area contributed by atoms with E-state index in [1.54, 1.807) is 12.3 Å². The number of halogens is 1. The van der Waals surface area contributed by atoms with Crippen molar-refractivity contribution in [1.29, 1.82) is 0 Å². The molecular weight excluding hydrogens is 325 g/mol. The summed E-state index contributed by atoms with van der Waals surface area (Å²) in [5.41, 5.74) is 3.11. The van der Waals surface area contributed by atoms with Gasteiger partial charge in [0.15, 0.2) is 0 Å². The standard InChI is InChI=1S/C14H12INO/c1-10-3-2-4-12(7-10)16-9-11-5-6-14(17)13(15)8-11/h2-9,17H,1H3. The van der Waals surface area contributed by atoms with Gasteiger partial charge in [-0.3, -0.25) is 4.99 Å². The molecule has 0 saturated heterocycles. The first-order valence-electron chi connectivity index (χ1n) is 5.24. The Balaban J connectivity index is 2.23. The summed E-state index contributed by atoms with van der Waals surface area (Å²) in [4.78, 5) is 4.40. The van der Waals surface area contributed by atoms with Gasteiger partial charge < -0.3 is 5.11 Å². The van der Waals surface area contributed by atoms with Crippen molar-refractivity contribution in [2.75, 3.05) is 0 Å². The van der Waals surface area contributed by atoms with E-state index >= 15 is 0 Å². The highest BCUT2D eigenvalue weighted by Gasteiger charge is 1.97. The topological polar surface area (TPSA) is 32.6 Å². The van der Waals surface area contributed by atoms with Crippen molar-refractivity contribution in [2.45, 2.75) is 6.92 Å². The highest BCUT2D eigenvalue weighted by atomic mass is 127. The van der Waals surface area contributed by atoms with E-state index in [1.807, 2.05) is 43.3 Å². The monoisotopic (exact) mass is 337 g/mol. The molecule has 0 heterocycles. The number of aryl methyl sites for hydroxylation is 1. The Kier molecular flexibility index (Phi) is 3.78. The minimum Gasteiger partial charge on any atom is -0.507 e. The predicted molar refractivity (Wildman–Crippen MR) is 79.3 cm³/mol. The van der Waals surface area contributed by atoms with Gasteiger partial charge in [0, 0.05) is 6.21 Å². The summed E-state index contributed by atoms with van der Waals surface area (Å²) >= 11 is 2.10. The molecule has 0 amide bonds. The first-order chi connectivity index (χ1) is 8.15. The van der Waals surface area contributed by atoms with Gasteiger partial charge in [0.05, 0.1) is 9.26 Å². The van der Waals surface area contributed by atoms with Crippen LogP contribution in [0.25, 0.3) is 0 Å². The average molecular weight is 337 g/mol. The summed E-state index contributed by atoms with van der Waals surface area (Å²) in [5, 5.41) is 9.41. The van der Waals surface area contributed by atoms with E-state index in [4.69, 9.17) is 0 Å². The van der Waals surface area contributed by atoms with E-state index in [0.717, 1.165) is 14.8 Å². The van der Waals surface area contributed by atoms with Crippen LogP contribution in [0.4, 0.5) is 5.69 Å². The third-order valence-corrected chi connectivity index (χ3v) is 3.20. The lowest BCUT2D eigenvalue weighted by molar-refractivity contribution is 0.471. The lowest BCUT2D eigenvalue weighted by Crippen LogP contribution is -1.82. The van der Waals surface area contributed by atoms with Crippen LogP contribution in [-0.2, 0) is 0 Å². The Morgan fingerprint density at radius 1 is 1.18 bits per heavy atom. The quantitative estimate of drug-likeness (QED) is 0.651. The molecule has 0 aliphatic rings. The summed E-state index contributed by atoms with van der Waals surface area (Å²) in [6.07, 6.45) is 1.80. The third-order valence-electron chi connectivity index (χ3n) is 2.34. The number of benzene rings is 2. The average Bonchev–Trinajstić information content (AvgIpc) is 2.31. The van der Waals surface area contributed by atoms with Crippen LogP contribution in [0.5, 0.6) is 5.75 Å². The number of nitrogens with zero attached hydrogens (tertiary/aromatic N) is 1. The maximum Gasteiger partial charge on any atom is 0.128 e. The van der Waals surface area contributed by atoms with Gasteiger partial charge >= 0.3 is 0 Å². The number of hydrogen-bond acceptors (Lipinski definition) is 2. The van der Waals surface area contributed by atoms with Gasteiger partial charge in [-0.2, -0.15) is 0 Å². The molecule has 1 N–H and O–H groups in total. The molecule has 0 fully saturated rings. The van der Waals surface area contributed by atoms with Crippen molar-refractivity contribution in [3.8, 4) is 5.75 Å². The molecule has 17 heavy (non-hydrogen) atoms. The fraction of sp³-hybridized carbons (Fsp3) is 0.0714. The largest absolute Gasteiger partial charge is 0.507 e. The van der Waals surface area contributed by atoms with Gasteiger partial charge in [-0.05, 0) is 71.0 Å². The number of phenolic OH excluding ortho intramolecular Hbond substituents is 1. The van der Waals surface area contributed by atoms with Gasteiger partial charge in [-0.1, -0.05) is 12.1 Å². The number of phenols is 1. The van der Waals surface area contributed by atoms with Crippen LogP contribution in [0.3, 0.4) is 0 Å². The van der Waals surface area contributed by atoms with Crippen molar-refractivity contribution in [1.82, 2.24) is 0 Å². The fourth-order valence-corrected chi connectivity index (χ4v) is 2.00. The molecule has 2 rings (SSSR count). The first-order valence-corrected chi connectivity index (χ1v) is 6.32. The van der Waals surface area contributed by atoms with Crippen molar-refractivity contribution in [3.63, 3.8) is 0 Å². The number of aromatic hydroxyl groups is 1. The molecule has 0 bridgehead atoms. The molecule has 3 heteroatoms.